The lowest BCUT2D eigenvalue weighted by Crippen LogP contribution is -2.32. The van der Waals surface area contributed by atoms with E-state index in [9.17, 15) is 31.1 Å². The number of benzene rings is 1. The SMILES string of the molecule is CC(=O)Nc1cnc(N(Cc2cc(C(F)(F)F)cc(C(F)(F)F)c2)Cc2cc3c(C)nn(C(C)(C)C)c3nc2N(CC2CC2)CC2CC2)nc1. The van der Waals surface area contributed by atoms with Crippen molar-refractivity contribution >= 4 is 34.4 Å². The summed E-state index contributed by atoms with van der Waals surface area (Å²) in [7, 11) is 0. The molecule has 0 atom stereocenters. The summed E-state index contributed by atoms with van der Waals surface area (Å²) in [6, 6.07) is 3.54. The molecule has 0 unspecified atom stereocenters. The molecular formula is C35H40F6N8O. The van der Waals surface area contributed by atoms with Crippen molar-refractivity contribution < 1.29 is 31.1 Å². The molecule has 1 amide bonds. The van der Waals surface area contributed by atoms with Gasteiger partial charge in [0.1, 0.15) is 5.82 Å². The normalized spacial score (nSPS) is 15.4. The molecule has 2 aliphatic rings. The van der Waals surface area contributed by atoms with Crippen LogP contribution in [-0.4, -0.2) is 43.7 Å². The molecule has 2 fully saturated rings. The van der Waals surface area contributed by atoms with E-state index in [0.717, 1.165) is 62.0 Å². The van der Waals surface area contributed by atoms with Crippen LogP contribution in [-0.2, 0) is 35.8 Å². The van der Waals surface area contributed by atoms with Gasteiger partial charge in [0.25, 0.3) is 0 Å². The maximum absolute atomic E-state index is 13.9. The Morgan fingerprint density at radius 1 is 0.860 bits per heavy atom. The van der Waals surface area contributed by atoms with Crippen molar-refractivity contribution in [3.8, 4) is 0 Å². The minimum absolute atomic E-state index is 0.0152. The Balaban J connectivity index is 1.49. The lowest BCUT2D eigenvalue weighted by Gasteiger charge is -2.30. The first-order chi connectivity index (χ1) is 23.3. The molecule has 50 heavy (non-hydrogen) atoms. The van der Waals surface area contributed by atoms with E-state index in [4.69, 9.17) is 10.1 Å². The Morgan fingerprint density at radius 3 is 1.90 bits per heavy atom. The summed E-state index contributed by atoms with van der Waals surface area (Å²) in [4.78, 5) is 29.4. The number of halogens is 6. The maximum atomic E-state index is 13.9. The highest BCUT2D eigenvalue weighted by Crippen LogP contribution is 2.40. The molecule has 3 aromatic heterocycles. The van der Waals surface area contributed by atoms with Crippen molar-refractivity contribution in [3.05, 3.63) is 64.6 Å². The van der Waals surface area contributed by atoms with Gasteiger partial charge in [-0.2, -0.15) is 31.4 Å². The first-order valence-electron chi connectivity index (χ1n) is 16.6. The number of carbonyl (C=O) groups excluding carboxylic acids is 1. The number of pyridine rings is 1. The number of amides is 1. The summed E-state index contributed by atoms with van der Waals surface area (Å²) in [5.74, 6) is 1.42. The van der Waals surface area contributed by atoms with E-state index in [-0.39, 0.29) is 47.8 Å². The molecule has 1 aromatic carbocycles. The zero-order chi connectivity index (χ0) is 36.2. The van der Waals surface area contributed by atoms with Gasteiger partial charge in [-0.25, -0.2) is 19.6 Å². The van der Waals surface area contributed by atoms with Gasteiger partial charge in [0.2, 0.25) is 11.9 Å². The first kappa shape index (κ1) is 35.4. The van der Waals surface area contributed by atoms with E-state index in [2.05, 4.69) is 20.2 Å². The molecular weight excluding hydrogens is 662 g/mol. The maximum Gasteiger partial charge on any atom is 0.416 e. The Kier molecular flexibility index (Phi) is 9.23. The fourth-order valence-electron chi connectivity index (χ4n) is 6.03. The Morgan fingerprint density at radius 2 is 1.42 bits per heavy atom. The number of carbonyl (C=O) groups is 1. The average Bonchev–Trinajstić information content (AvgIpc) is 3.95. The molecule has 0 bridgehead atoms. The van der Waals surface area contributed by atoms with Crippen LogP contribution >= 0.6 is 0 Å². The Labute approximate surface area is 286 Å². The fraction of sp³-hybridized carbons (Fsp3) is 0.514. The van der Waals surface area contributed by atoms with Gasteiger partial charge in [0.15, 0.2) is 5.65 Å². The van der Waals surface area contributed by atoms with Gasteiger partial charge in [-0.15, -0.1) is 0 Å². The molecule has 0 saturated heterocycles. The van der Waals surface area contributed by atoms with E-state index in [1.165, 1.54) is 24.2 Å². The molecule has 0 aliphatic heterocycles. The van der Waals surface area contributed by atoms with Crippen LogP contribution in [0.15, 0.2) is 36.7 Å². The minimum Gasteiger partial charge on any atom is -0.356 e. The highest BCUT2D eigenvalue weighted by atomic mass is 19.4. The quantitative estimate of drug-likeness (QED) is 0.158. The topological polar surface area (TPSA) is 92.1 Å². The van der Waals surface area contributed by atoms with Crippen molar-refractivity contribution in [1.29, 1.82) is 0 Å². The summed E-state index contributed by atoms with van der Waals surface area (Å²) in [6.07, 6.45) is -2.89. The van der Waals surface area contributed by atoms with E-state index < -0.39 is 23.5 Å². The number of aryl methyl sites for hydroxylation is 1. The van der Waals surface area contributed by atoms with Crippen LogP contribution in [0.2, 0.25) is 0 Å². The third-order valence-electron chi connectivity index (χ3n) is 8.81. The molecule has 268 valence electrons. The van der Waals surface area contributed by atoms with Crippen molar-refractivity contribution in [2.24, 2.45) is 11.8 Å². The molecule has 1 N–H and O–H groups in total. The number of anilines is 3. The summed E-state index contributed by atoms with van der Waals surface area (Å²) in [6.45, 7) is 10.5. The van der Waals surface area contributed by atoms with Crippen molar-refractivity contribution in [2.75, 3.05) is 28.2 Å². The van der Waals surface area contributed by atoms with Crippen molar-refractivity contribution in [1.82, 2.24) is 24.7 Å². The van der Waals surface area contributed by atoms with Crippen LogP contribution in [0.3, 0.4) is 0 Å². The molecule has 6 rings (SSSR count). The second kappa shape index (κ2) is 13.0. The van der Waals surface area contributed by atoms with Gasteiger partial charge >= 0.3 is 12.4 Å². The molecule has 0 spiro atoms. The van der Waals surface area contributed by atoms with Crippen LogP contribution in [0.5, 0.6) is 0 Å². The highest BCUT2D eigenvalue weighted by Gasteiger charge is 2.37. The molecule has 15 heteroatoms. The lowest BCUT2D eigenvalue weighted by atomic mass is 10.0. The number of aromatic nitrogens is 5. The highest BCUT2D eigenvalue weighted by molar-refractivity contribution is 5.88. The summed E-state index contributed by atoms with van der Waals surface area (Å²) in [5, 5.41) is 8.16. The predicted molar refractivity (Wildman–Crippen MR) is 178 cm³/mol. The van der Waals surface area contributed by atoms with E-state index >= 15 is 0 Å². The number of rotatable bonds is 11. The number of fused-ring (bicyclic) bond motifs is 1. The first-order valence-corrected chi connectivity index (χ1v) is 16.6. The summed E-state index contributed by atoms with van der Waals surface area (Å²) in [5.41, 5.74) is -0.979. The summed E-state index contributed by atoms with van der Waals surface area (Å²) >= 11 is 0. The number of hydrogen-bond acceptors (Lipinski definition) is 7. The Hall–Kier alpha value is -4.43. The van der Waals surface area contributed by atoms with Gasteiger partial charge < -0.3 is 15.1 Å². The third kappa shape index (κ3) is 8.29. The largest absolute Gasteiger partial charge is 0.416 e. The smallest absolute Gasteiger partial charge is 0.356 e. The minimum atomic E-state index is -5.00. The van der Waals surface area contributed by atoms with Crippen LogP contribution in [0.4, 0.5) is 43.8 Å². The zero-order valence-electron chi connectivity index (χ0n) is 28.6. The fourth-order valence-corrected chi connectivity index (χ4v) is 6.03. The van der Waals surface area contributed by atoms with E-state index in [1.54, 1.807) is 0 Å². The summed E-state index contributed by atoms with van der Waals surface area (Å²) < 4.78 is 85.1. The van der Waals surface area contributed by atoms with Gasteiger partial charge in [-0.05, 0) is 95.0 Å². The van der Waals surface area contributed by atoms with Crippen molar-refractivity contribution in [2.45, 2.75) is 91.3 Å². The van der Waals surface area contributed by atoms with Crippen LogP contribution in [0.25, 0.3) is 11.0 Å². The number of alkyl halides is 6. The van der Waals surface area contributed by atoms with Gasteiger partial charge in [0, 0.05) is 44.1 Å². The van der Waals surface area contributed by atoms with Gasteiger partial charge in [-0.3, -0.25) is 4.79 Å². The Bertz CT molecular complexity index is 1830. The van der Waals surface area contributed by atoms with Crippen LogP contribution < -0.4 is 15.1 Å². The number of nitrogens with zero attached hydrogens (tertiary/aromatic N) is 7. The number of nitrogens with one attached hydrogen (secondary N) is 1. The second-order valence-electron chi connectivity index (χ2n) is 14.5. The standard InChI is InChI=1S/C35H40F6N8O/c1-20-29-12-25(30(45-31(29)49(46-20)33(3,4)5)47(16-22-6-7-22)17-23-8-9-23)19-48(32-42-14-28(15-43-32)44-21(2)50)18-24-10-26(34(36,37)38)13-27(11-24)35(39,40)41/h10-15,22-23H,6-9,16-19H2,1-5H3,(H,44,50). The van der Waals surface area contributed by atoms with Gasteiger partial charge in [0.05, 0.1) is 40.4 Å². The predicted octanol–water partition coefficient (Wildman–Crippen LogP) is 8.11. The third-order valence-corrected chi connectivity index (χ3v) is 8.81. The lowest BCUT2D eigenvalue weighted by molar-refractivity contribution is -0.143. The zero-order valence-corrected chi connectivity index (χ0v) is 28.6. The average molecular weight is 703 g/mol. The molecule has 2 aliphatic carbocycles. The molecule has 2 saturated carbocycles. The van der Waals surface area contributed by atoms with E-state index in [1.807, 2.05) is 38.4 Å². The molecule has 4 aromatic rings. The number of hydrogen-bond donors (Lipinski definition) is 1. The molecule has 0 radical (unpaired) electrons. The second-order valence-corrected chi connectivity index (χ2v) is 14.5. The molecule has 9 nitrogen and oxygen atoms in total. The van der Waals surface area contributed by atoms with Crippen LogP contribution in [0.1, 0.15) is 81.3 Å². The molecule has 3 heterocycles. The van der Waals surface area contributed by atoms with Gasteiger partial charge in [-0.1, -0.05) is 0 Å². The monoisotopic (exact) mass is 702 g/mol. The van der Waals surface area contributed by atoms with Crippen molar-refractivity contribution in [3.63, 3.8) is 0 Å². The van der Waals surface area contributed by atoms with Crippen LogP contribution in [0, 0.1) is 18.8 Å². The van der Waals surface area contributed by atoms with E-state index in [0.29, 0.717) is 28.9 Å².